The second-order valence-corrected chi connectivity index (χ2v) is 25.3. The Morgan fingerprint density at radius 2 is 0.588 bits per heavy atom. The lowest BCUT2D eigenvalue weighted by Crippen LogP contribution is -2.45. The molecule has 0 aromatic carbocycles. The summed E-state index contributed by atoms with van der Waals surface area (Å²) in [5.74, 6) is -0.0423. The van der Waals surface area contributed by atoms with Gasteiger partial charge in [0, 0.05) is 12.8 Å². The molecule has 6 nitrogen and oxygen atoms in total. The Morgan fingerprint density at radius 1 is 0.338 bits per heavy atom. The Balaban J connectivity index is 3.38. The van der Waals surface area contributed by atoms with E-state index < -0.39 is 12.1 Å². The number of aliphatic hydroxyl groups is 2. The fourth-order valence-corrected chi connectivity index (χ4v) is 11.6. The predicted molar refractivity (Wildman–Crippen MR) is 352 cm³/mol. The fraction of sp³-hybridized carbons (Fsp3) is 0.919. The van der Waals surface area contributed by atoms with Gasteiger partial charge in [0.15, 0.2) is 0 Å². The molecule has 0 fully saturated rings. The standard InChI is InChI=1S/C74H143NO5/c1-3-5-7-9-11-13-15-17-18-19-33-36-39-43-46-50-54-58-62-66-72(77)71(70-76)75-73(78)67-63-59-55-51-47-44-40-37-34-31-29-27-25-23-21-20-22-24-26-28-30-32-35-38-41-45-49-53-57-61-65-69-80-74(79)68-64-60-56-52-48-42-16-14-12-10-8-6-4-2/h22,24,62,66,71-72,76-77H,3-21,23,25-61,63-65,67-70H2,1-2H3,(H,75,78)/b24-22-,66-62+. The summed E-state index contributed by atoms with van der Waals surface area (Å²) in [5.41, 5.74) is 0. The average Bonchev–Trinajstić information content (AvgIpc) is 3.46. The molecule has 6 heteroatoms. The van der Waals surface area contributed by atoms with Crippen LogP contribution in [0.2, 0.25) is 0 Å². The molecule has 0 heterocycles. The van der Waals surface area contributed by atoms with Gasteiger partial charge in [-0.1, -0.05) is 366 Å². The third-order valence-electron chi connectivity index (χ3n) is 17.2. The second-order valence-electron chi connectivity index (χ2n) is 25.3. The Hall–Kier alpha value is -1.66. The summed E-state index contributed by atoms with van der Waals surface area (Å²) < 4.78 is 5.49. The molecule has 0 aliphatic heterocycles. The molecule has 2 unspecified atom stereocenters. The van der Waals surface area contributed by atoms with Crippen LogP contribution in [0.15, 0.2) is 24.3 Å². The number of nitrogens with one attached hydrogen (secondary N) is 1. The van der Waals surface area contributed by atoms with Crippen molar-refractivity contribution in [2.24, 2.45) is 0 Å². The van der Waals surface area contributed by atoms with E-state index in [9.17, 15) is 19.8 Å². The van der Waals surface area contributed by atoms with Gasteiger partial charge in [-0.3, -0.25) is 9.59 Å². The molecule has 0 aromatic rings. The molecule has 0 saturated carbocycles. The van der Waals surface area contributed by atoms with Crippen LogP contribution in [-0.4, -0.2) is 47.4 Å². The molecule has 0 spiro atoms. The molecular formula is C74H143NO5. The van der Waals surface area contributed by atoms with Crippen LogP contribution in [0.3, 0.4) is 0 Å². The first-order valence-corrected chi connectivity index (χ1v) is 36.6. The van der Waals surface area contributed by atoms with Crippen LogP contribution < -0.4 is 5.32 Å². The minimum Gasteiger partial charge on any atom is -0.466 e. The van der Waals surface area contributed by atoms with Crippen molar-refractivity contribution in [2.45, 2.75) is 424 Å². The molecule has 1 amide bonds. The number of amides is 1. The summed E-state index contributed by atoms with van der Waals surface area (Å²) in [5, 5.41) is 23.2. The monoisotopic (exact) mass is 1130 g/mol. The van der Waals surface area contributed by atoms with Gasteiger partial charge in [-0.2, -0.15) is 0 Å². The van der Waals surface area contributed by atoms with E-state index in [2.05, 4.69) is 31.3 Å². The highest BCUT2D eigenvalue weighted by Crippen LogP contribution is 2.19. The average molecular weight is 1130 g/mol. The number of esters is 1. The van der Waals surface area contributed by atoms with Crippen molar-refractivity contribution >= 4 is 11.9 Å². The molecule has 0 saturated heterocycles. The van der Waals surface area contributed by atoms with Crippen molar-refractivity contribution in [3.05, 3.63) is 24.3 Å². The van der Waals surface area contributed by atoms with E-state index >= 15 is 0 Å². The van der Waals surface area contributed by atoms with Gasteiger partial charge in [0.2, 0.25) is 5.91 Å². The molecule has 474 valence electrons. The number of hydrogen-bond donors (Lipinski definition) is 3. The third kappa shape index (κ3) is 65.5. The van der Waals surface area contributed by atoms with Gasteiger partial charge in [-0.05, 0) is 57.8 Å². The first-order chi connectivity index (χ1) is 39.5. The highest BCUT2D eigenvalue weighted by Gasteiger charge is 2.18. The van der Waals surface area contributed by atoms with Crippen LogP contribution in [0.5, 0.6) is 0 Å². The van der Waals surface area contributed by atoms with E-state index in [1.54, 1.807) is 6.08 Å². The molecule has 0 radical (unpaired) electrons. The summed E-state index contributed by atoms with van der Waals surface area (Å²) in [6.07, 6.45) is 88.4. The van der Waals surface area contributed by atoms with Crippen LogP contribution in [0, 0.1) is 0 Å². The van der Waals surface area contributed by atoms with Gasteiger partial charge in [0.1, 0.15) is 0 Å². The maximum atomic E-state index is 12.5. The van der Waals surface area contributed by atoms with E-state index in [1.807, 2.05) is 6.08 Å². The molecule has 80 heavy (non-hydrogen) atoms. The number of unbranched alkanes of at least 4 members (excludes halogenated alkanes) is 56. The normalized spacial score (nSPS) is 12.6. The summed E-state index contributed by atoms with van der Waals surface area (Å²) in [7, 11) is 0. The zero-order valence-corrected chi connectivity index (χ0v) is 54.3. The lowest BCUT2D eigenvalue weighted by atomic mass is 10.0. The minimum absolute atomic E-state index is 0.0196. The zero-order valence-electron chi connectivity index (χ0n) is 54.3. The molecule has 0 aliphatic rings. The van der Waals surface area contributed by atoms with Crippen LogP contribution in [0.1, 0.15) is 412 Å². The smallest absolute Gasteiger partial charge is 0.305 e. The Morgan fingerprint density at radius 3 is 0.887 bits per heavy atom. The number of carbonyl (C=O) groups excluding carboxylic acids is 2. The summed E-state index contributed by atoms with van der Waals surface area (Å²) in [4.78, 5) is 24.6. The number of rotatable bonds is 69. The number of allylic oxidation sites excluding steroid dienone is 3. The summed E-state index contributed by atoms with van der Waals surface area (Å²) in [6.45, 7) is 4.95. The van der Waals surface area contributed by atoms with E-state index in [0.29, 0.717) is 19.4 Å². The van der Waals surface area contributed by atoms with Gasteiger partial charge in [-0.25, -0.2) is 0 Å². The van der Waals surface area contributed by atoms with E-state index in [1.165, 1.54) is 347 Å². The van der Waals surface area contributed by atoms with Crippen LogP contribution in [0.4, 0.5) is 0 Å². The van der Waals surface area contributed by atoms with Crippen molar-refractivity contribution < 1.29 is 24.5 Å². The first kappa shape index (κ1) is 78.3. The van der Waals surface area contributed by atoms with Gasteiger partial charge in [0.25, 0.3) is 0 Å². The molecule has 3 N–H and O–H groups in total. The number of carbonyl (C=O) groups is 2. The van der Waals surface area contributed by atoms with Crippen molar-refractivity contribution in [1.82, 2.24) is 5.32 Å². The summed E-state index contributed by atoms with van der Waals surface area (Å²) >= 11 is 0. The van der Waals surface area contributed by atoms with Crippen molar-refractivity contribution in [2.75, 3.05) is 13.2 Å². The number of aliphatic hydroxyl groups excluding tert-OH is 2. The first-order valence-electron chi connectivity index (χ1n) is 36.6. The fourth-order valence-electron chi connectivity index (χ4n) is 11.6. The second kappa shape index (κ2) is 69.8. The minimum atomic E-state index is -0.843. The maximum Gasteiger partial charge on any atom is 0.305 e. The molecule has 0 bridgehead atoms. The van der Waals surface area contributed by atoms with E-state index in [-0.39, 0.29) is 18.5 Å². The molecule has 0 aromatic heterocycles. The SMILES string of the molecule is CCCCCCCCCCCCCCCCCCC/C=C/C(O)C(CO)NC(=O)CCCCCCCCCCCCCCCCC/C=C\CCCCCCCCCCCCCCOC(=O)CCCCCCCCCCCCCCC. The molecular weight excluding hydrogens is 983 g/mol. The molecule has 2 atom stereocenters. The van der Waals surface area contributed by atoms with Gasteiger partial charge in [0.05, 0.1) is 25.4 Å². The van der Waals surface area contributed by atoms with Gasteiger partial charge in [-0.15, -0.1) is 0 Å². The van der Waals surface area contributed by atoms with Crippen LogP contribution in [0.25, 0.3) is 0 Å². The van der Waals surface area contributed by atoms with E-state index in [4.69, 9.17) is 4.74 Å². The zero-order chi connectivity index (χ0) is 57.8. The van der Waals surface area contributed by atoms with Crippen molar-refractivity contribution in [3.63, 3.8) is 0 Å². The van der Waals surface area contributed by atoms with Gasteiger partial charge >= 0.3 is 5.97 Å². The number of hydrogen-bond acceptors (Lipinski definition) is 5. The van der Waals surface area contributed by atoms with Gasteiger partial charge < -0.3 is 20.3 Å². The molecule has 0 rings (SSSR count). The largest absolute Gasteiger partial charge is 0.466 e. The quantitative estimate of drug-likeness (QED) is 0.0320. The van der Waals surface area contributed by atoms with E-state index in [0.717, 1.165) is 38.5 Å². The van der Waals surface area contributed by atoms with Crippen LogP contribution in [-0.2, 0) is 14.3 Å². The Labute approximate surface area is 501 Å². The predicted octanol–water partition coefficient (Wildman–Crippen LogP) is 23.7. The van der Waals surface area contributed by atoms with Crippen molar-refractivity contribution in [3.8, 4) is 0 Å². The third-order valence-corrected chi connectivity index (χ3v) is 17.2. The summed E-state index contributed by atoms with van der Waals surface area (Å²) in [6, 6.07) is -0.627. The number of ether oxygens (including phenoxy) is 1. The topological polar surface area (TPSA) is 95.9 Å². The van der Waals surface area contributed by atoms with Crippen molar-refractivity contribution in [1.29, 1.82) is 0 Å². The Bertz CT molecular complexity index is 1250. The lowest BCUT2D eigenvalue weighted by Gasteiger charge is -2.20. The molecule has 0 aliphatic carbocycles. The Kier molecular flexibility index (Phi) is 68.4. The highest BCUT2D eigenvalue weighted by molar-refractivity contribution is 5.76. The maximum absolute atomic E-state index is 12.5. The lowest BCUT2D eigenvalue weighted by molar-refractivity contribution is -0.143. The van der Waals surface area contributed by atoms with Crippen LogP contribution >= 0.6 is 0 Å². The highest BCUT2D eigenvalue weighted by atomic mass is 16.5.